The van der Waals surface area contributed by atoms with Gasteiger partial charge in [-0.2, -0.15) is 0 Å². The van der Waals surface area contributed by atoms with Gasteiger partial charge in [0.15, 0.2) is 0 Å². The molecule has 0 radical (unpaired) electrons. The lowest BCUT2D eigenvalue weighted by Crippen LogP contribution is -2.54. The number of carbonyl (C=O) groups excluding carboxylic acids is 2. The van der Waals surface area contributed by atoms with E-state index in [1.807, 2.05) is 59.0 Å². The first-order chi connectivity index (χ1) is 11.6. The van der Waals surface area contributed by atoms with E-state index in [4.69, 9.17) is 0 Å². The molecule has 0 aliphatic carbocycles. The minimum absolute atomic E-state index is 0.0352. The highest BCUT2D eigenvalue weighted by molar-refractivity contribution is 5.98. The maximum atomic E-state index is 12.7. The van der Waals surface area contributed by atoms with Gasteiger partial charge in [-0.15, -0.1) is 0 Å². The summed E-state index contributed by atoms with van der Waals surface area (Å²) in [7, 11) is 0. The van der Waals surface area contributed by atoms with Crippen molar-refractivity contribution in [2.45, 2.75) is 13.8 Å². The number of H-pyrrole nitrogens is 1. The van der Waals surface area contributed by atoms with Crippen molar-refractivity contribution < 1.29 is 9.59 Å². The van der Waals surface area contributed by atoms with Gasteiger partial charge >= 0.3 is 6.03 Å². The number of nitrogens with one attached hydrogen (secondary N) is 1. The van der Waals surface area contributed by atoms with Crippen molar-refractivity contribution in [1.82, 2.24) is 19.7 Å². The van der Waals surface area contributed by atoms with E-state index >= 15 is 0 Å². The Labute approximate surface area is 142 Å². The van der Waals surface area contributed by atoms with Crippen LogP contribution in [0, 0.1) is 0 Å². The molecule has 3 rings (SSSR count). The number of piperazine rings is 1. The van der Waals surface area contributed by atoms with Crippen molar-refractivity contribution >= 4 is 22.8 Å². The molecule has 0 saturated carbocycles. The van der Waals surface area contributed by atoms with Gasteiger partial charge in [0.05, 0.1) is 0 Å². The molecule has 1 N–H and O–H groups in total. The van der Waals surface area contributed by atoms with Crippen LogP contribution in [0.5, 0.6) is 0 Å². The highest BCUT2D eigenvalue weighted by Gasteiger charge is 2.26. The third kappa shape index (κ3) is 3.09. The van der Waals surface area contributed by atoms with Crippen LogP contribution in [0.4, 0.5) is 4.79 Å². The highest BCUT2D eigenvalue weighted by Crippen LogP contribution is 2.17. The number of aromatic amines is 1. The highest BCUT2D eigenvalue weighted by atomic mass is 16.2. The van der Waals surface area contributed by atoms with Crippen LogP contribution in [0.3, 0.4) is 0 Å². The van der Waals surface area contributed by atoms with Crippen molar-refractivity contribution in [1.29, 1.82) is 0 Å². The molecule has 0 bridgehead atoms. The SMILES string of the molecule is CCN(CC)C(=O)N1CCN(C(=O)c2ccc3[nH]ccc3c2)CC1. The minimum Gasteiger partial charge on any atom is -0.361 e. The summed E-state index contributed by atoms with van der Waals surface area (Å²) in [5.74, 6) is 0.0352. The molecule has 1 aliphatic rings. The summed E-state index contributed by atoms with van der Waals surface area (Å²) in [6.07, 6.45) is 1.87. The number of hydrogen-bond acceptors (Lipinski definition) is 2. The molecule has 2 aromatic rings. The second-order valence-corrected chi connectivity index (χ2v) is 6.01. The number of carbonyl (C=O) groups is 2. The van der Waals surface area contributed by atoms with E-state index in [0.29, 0.717) is 44.8 Å². The summed E-state index contributed by atoms with van der Waals surface area (Å²) in [6.45, 7) is 7.74. The molecule has 0 atom stereocenters. The van der Waals surface area contributed by atoms with Crippen LogP contribution in [0.25, 0.3) is 10.9 Å². The maximum Gasteiger partial charge on any atom is 0.320 e. The van der Waals surface area contributed by atoms with Crippen LogP contribution >= 0.6 is 0 Å². The Morgan fingerprint density at radius 1 is 1.04 bits per heavy atom. The van der Waals surface area contributed by atoms with Gasteiger partial charge in [0.1, 0.15) is 0 Å². The summed E-state index contributed by atoms with van der Waals surface area (Å²) < 4.78 is 0. The second-order valence-electron chi connectivity index (χ2n) is 6.01. The Hall–Kier alpha value is -2.50. The van der Waals surface area contributed by atoms with Crippen LogP contribution < -0.4 is 0 Å². The fraction of sp³-hybridized carbons (Fsp3) is 0.444. The lowest BCUT2D eigenvalue weighted by Gasteiger charge is -2.37. The average Bonchev–Trinajstić information content (AvgIpc) is 3.10. The van der Waals surface area contributed by atoms with Crippen molar-refractivity contribution in [3.8, 4) is 0 Å². The molecule has 6 heteroatoms. The third-order valence-electron chi connectivity index (χ3n) is 4.67. The molecule has 1 saturated heterocycles. The van der Waals surface area contributed by atoms with Gasteiger partial charge in [-0.25, -0.2) is 4.79 Å². The minimum atomic E-state index is 0.0352. The zero-order valence-electron chi connectivity index (χ0n) is 14.3. The van der Waals surface area contributed by atoms with Crippen molar-refractivity contribution in [3.05, 3.63) is 36.0 Å². The van der Waals surface area contributed by atoms with Crippen molar-refractivity contribution in [2.75, 3.05) is 39.3 Å². The Morgan fingerprint density at radius 3 is 2.38 bits per heavy atom. The first-order valence-corrected chi connectivity index (χ1v) is 8.54. The number of hydrogen-bond donors (Lipinski definition) is 1. The van der Waals surface area contributed by atoms with E-state index < -0.39 is 0 Å². The van der Waals surface area contributed by atoms with Crippen LogP contribution in [-0.4, -0.2) is 70.9 Å². The number of rotatable bonds is 3. The quantitative estimate of drug-likeness (QED) is 0.940. The van der Waals surface area contributed by atoms with E-state index in [2.05, 4.69) is 4.98 Å². The van der Waals surface area contributed by atoms with Crippen LogP contribution in [-0.2, 0) is 0 Å². The molecule has 3 amide bonds. The molecular formula is C18H24N4O2. The molecule has 24 heavy (non-hydrogen) atoms. The van der Waals surface area contributed by atoms with E-state index in [9.17, 15) is 9.59 Å². The topological polar surface area (TPSA) is 59.7 Å². The van der Waals surface area contributed by atoms with Gasteiger partial charge in [-0.05, 0) is 38.1 Å². The van der Waals surface area contributed by atoms with E-state index in [1.54, 1.807) is 0 Å². The molecule has 0 unspecified atom stereocenters. The van der Waals surface area contributed by atoms with Gasteiger partial charge in [-0.1, -0.05) is 0 Å². The summed E-state index contributed by atoms with van der Waals surface area (Å²) >= 11 is 0. The molecule has 1 aromatic carbocycles. The van der Waals surface area contributed by atoms with Gasteiger partial charge in [-0.3, -0.25) is 4.79 Å². The zero-order chi connectivity index (χ0) is 17.1. The number of benzene rings is 1. The average molecular weight is 328 g/mol. The first-order valence-electron chi connectivity index (χ1n) is 8.54. The van der Waals surface area contributed by atoms with E-state index in [-0.39, 0.29) is 11.9 Å². The Kier molecular flexibility index (Phi) is 4.74. The Balaban J connectivity index is 1.63. The molecule has 1 aromatic heterocycles. The summed E-state index contributed by atoms with van der Waals surface area (Å²) in [4.78, 5) is 33.7. The monoisotopic (exact) mass is 328 g/mol. The van der Waals surface area contributed by atoms with Crippen LogP contribution in [0.15, 0.2) is 30.5 Å². The first kappa shape index (κ1) is 16.4. The van der Waals surface area contributed by atoms with Crippen LogP contribution in [0.2, 0.25) is 0 Å². The predicted molar refractivity (Wildman–Crippen MR) is 94.1 cm³/mol. The molecule has 128 valence electrons. The largest absolute Gasteiger partial charge is 0.361 e. The molecule has 6 nitrogen and oxygen atoms in total. The third-order valence-corrected chi connectivity index (χ3v) is 4.67. The summed E-state index contributed by atoms with van der Waals surface area (Å²) in [5, 5.41) is 1.04. The number of aromatic nitrogens is 1. The lowest BCUT2D eigenvalue weighted by molar-refractivity contribution is 0.0641. The fourth-order valence-corrected chi connectivity index (χ4v) is 3.16. The summed E-state index contributed by atoms with van der Waals surface area (Å²) in [6, 6.07) is 7.74. The van der Waals surface area contributed by atoms with E-state index in [0.717, 1.165) is 10.9 Å². The van der Waals surface area contributed by atoms with Crippen LogP contribution in [0.1, 0.15) is 24.2 Å². The zero-order valence-corrected chi connectivity index (χ0v) is 14.3. The number of amides is 3. The standard InChI is InChI=1S/C18H24N4O2/c1-3-20(4-2)18(24)22-11-9-21(10-12-22)17(23)15-5-6-16-14(13-15)7-8-19-16/h5-8,13,19H,3-4,9-12H2,1-2H3. The molecule has 2 heterocycles. The summed E-state index contributed by atoms with van der Waals surface area (Å²) in [5.41, 5.74) is 1.73. The molecule has 0 spiro atoms. The van der Waals surface area contributed by atoms with Gasteiger partial charge in [0, 0.05) is 61.9 Å². The fourth-order valence-electron chi connectivity index (χ4n) is 3.16. The normalized spacial score (nSPS) is 14.9. The van der Waals surface area contributed by atoms with Gasteiger partial charge in [0.25, 0.3) is 5.91 Å². The second kappa shape index (κ2) is 6.95. The van der Waals surface area contributed by atoms with Crippen molar-refractivity contribution in [2.24, 2.45) is 0 Å². The van der Waals surface area contributed by atoms with Gasteiger partial charge in [0.2, 0.25) is 0 Å². The number of urea groups is 1. The predicted octanol–water partition coefficient (Wildman–Crippen LogP) is 2.39. The number of nitrogens with zero attached hydrogens (tertiary/aromatic N) is 3. The van der Waals surface area contributed by atoms with Crippen molar-refractivity contribution in [3.63, 3.8) is 0 Å². The van der Waals surface area contributed by atoms with E-state index in [1.165, 1.54) is 0 Å². The van der Waals surface area contributed by atoms with Gasteiger partial charge < -0.3 is 19.7 Å². The Morgan fingerprint density at radius 2 is 1.71 bits per heavy atom. The molecular weight excluding hydrogens is 304 g/mol. The Bertz CT molecular complexity index is 727. The maximum absolute atomic E-state index is 12.7. The smallest absolute Gasteiger partial charge is 0.320 e. The lowest BCUT2D eigenvalue weighted by atomic mass is 10.1. The molecule has 1 aliphatic heterocycles. The molecule has 1 fully saturated rings. The number of fused-ring (bicyclic) bond motifs is 1.